The molecule has 1 heterocycles. The van der Waals surface area contributed by atoms with Crippen LogP contribution in [0, 0.1) is 13.8 Å². The third kappa shape index (κ3) is 4.00. The van der Waals surface area contributed by atoms with Crippen molar-refractivity contribution in [2.45, 2.75) is 19.0 Å². The van der Waals surface area contributed by atoms with Crippen LogP contribution in [0.3, 0.4) is 0 Å². The number of thioether (sulfide) groups is 1. The van der Waals surface area contributed by atoms with E-state index in [4.69, 9.17) is 17.4 Å². The van der Waals surface area contributed by atoms with Gasteiger partial charge in [0.05, 0.1) is 5.75 Å². The van der Waals surface area contributed by atoms with Crippen LogP contribution >= 0.6 is 23.4 Å². The average Bonchev–Trinajstić information content (AvgIpc) is 2.99. The molecule has 0 fully saturated rings. The summed E-state index contributed by atoms with van der Waals surface area (Å²) in [6, 6.07) is 13.0. The summed E-state index contributed by atoms with van der Waals surface area (Å²) in [6.45, 7) is 3.99. The van der Waals surface area contributed by atoms with E-state index in [2.05, 4.69) is 15.5 Å². The third-order valence-electron chi connectivity index (χ3n) is 3.98. The van der Waals surface area contributed by atoms with Gasteiger partial charge in [-0.3, -0.25) is 4.79 Å². The van der Waals surface area contributed by atoms with E-state index in [-0.39, 0.29) is 11.7 Å². The maximum atomic E-state index is 12.2. The molecule has 0 aliphatic heterocycles. The third-order valence-corrected chi connectivity index (χ3v) is 5.17. The van der Waals surface area contributed by atoms with Gasteiger partial charge in [0.2, 0.25) is 11.1 Å². The summed E-state index contributed by atoms with van der Waals surface area (Å²) in [5.41, 5.74) is 3.80. The zero-order chi connectivity index (χ0) is 18.7. The molecule has 1 amide bonds. The predicted molar refractivity (Wildman–Crippen MR) is 106 cm³/mol. The van der Waals surface area contributed by atoms with E-state index in [0.717, 1.165) is 22.4 Å². The summed E-state index contributed by atoms with van der Waals surface area (Å²) >= 11 is 7.12. The highest BCUT2D eigenvalue weighted by atomic mass is 35.5. The number of amides is 1. The zero-order valence-electron chi connectivity index (χ0n) is 14.4. The Labute approximate surface area is 160 Å². The standard InChI is InChI=1S/C18H18ClN5OS/c1-11-4-3-5-15(12(11)2)21-16(25)10-26-18-23-22-17(24(18)20)13-6-8-14(19)9-7-13/h3-9H,10,20H2,1-2H3,(H,21,25). The van der Waals surface area contributed by atoms with Gasteiger partial charge in [0, 0.05) is 16.3 Å². The summed E-state index contributed by atoms with van der Waals surface area (Å²) in [5, 5.41) is 12.2. The molecule has 1 aromatic heterocycles. The molecule has 0 bridgehead atoms. The van der Waals surface area contributed by atoms with Crippen molar-refractivity contribution in [2.75, 3.05) is 16.9 Å². The maximum absolute atomic E-state index is 12.2. The molecule has 3 rings (SSSR count). The van der Waals surface area contributed by atoms with Crippen molar-refractivity contribution in [1.82, 2.24) is 14.9 Å². The number of hydrogen-bond donors (Lipinski definition) is 2. The van der Waals surface area contributed by atoms with E-state index in [9.17, 15) is 4.79 Å². The quantitative estimate of drug-likeness (QED) is 0.515. The highest BCUT2D eigenvalue weighted by molar-refractivity contribution is 7.99. The van der Waals surface area contributed by atoms with E-state index in [1.807, 2.05) is 44.2 Å². The lowest BCUT2D eigenvalue weighted by molar-refractivity contribution is -0.113. The Morgan fingerprint density at radius 1 is 1.19 bits per heavy atom. The second-order valence-electron chi connectivity index (χ2n) is 5.77. The lowest BCUT2D eigenvalue weighted by atomic mass is 10.1. The predicted octanol–water partition coefficient (Wildman–Crippen LogP) is 3.66. The van der Waals surface area contributed by atoms with Gasteiger partial charge >= 0.3 is 0 Å². The van der Waals surface area contributed by atoms with Crippen LogP contribution in [-0.4, -0.2) is 26.5 Å². The largest absolute Gasteiger partial charge is 0.335 e. The van der Waals surface area contributed by atoms with Crippen LogP contribution in [-0.2, 0) is 4.79 Å². The average molecular weight is 388 g/mol. The number of nitrogens with two attached hydrogens (primary N) is 1. The molecule has 3 N–H and O–H groups in total. The number of nitrogens with one attached hydrogen (secondary N) is 1. The number of carbonyl (C=O) groups excluding carboxylic acids is 1. The molecule has 26 heavy (non-hydrogen) atoms. The van der Waals surface area contributed by atoms with Crippen LogP contribution in [0.15, 0.2) is 47.6 Å². The molecule has 0 aliphatic rings. The molecule has 0 aliphatic carbocycles. The Morgan fingerprint density at radius 2 is 1.92 bits per heavy atom. The fourth-order valence-electron chi connectivity index (χ4n) is 2.37. The highest BCUT2D eigenvalue weighted by Gasteiger charge is 2.14. The lowest BCUT2D eigenvalue weighted by Gasteiger charge is -2.10. The van der Waals surface area contributed by atoms with E-state index in [1.54, 1.807) is 12.1 Å². The molecular formula is C18H18ClN5OS. The molecule has 0 spiro atoms. The normalized spacial score (nSPS) is 10.7. The number of halogens is 1. The van der Waals surface area contributed by atoms with Crippen molar-refractivity contribution in [3.8, 4) is 11.4 Å². The second kappa shape index (κ2) is 7.80. The number of aryl methyl sites for hydroxylation is 1. The Morgan fingerprint density at radius 3 is 2.65 bits per heavy atom. The zero-order valence-corrected chi connectivity index (χ0v) is 15.9. The fraction of sp³-hybridized carbons (Fsp3) is 0.167. The van der Waals surface area contributed by atoms with Crippen molar-refractivity contribution in [3.63, 3.8) is 0 Å². The minimum Gasteiger partial charge on any atom is -0.335 e. The first kappa shape index (κ1) is 18.3. The molecular weight excluding hydrogens is 370 g/mol. The first-order valence-corrected chi connectivity index (χ1v) is 9.27. The van der Waals surface area contributed by atoms with Crippen molar-refractivity contribution in [3.05, 3.63) is 58.6 Å². The van der Waals surface area contributed by atoms with Gasteiger partial charge in [0.15, 0.2) is 5.82 Å². The van der Waals surface area contributed by atoms with Gasteiger partial charge in [0.1, 0.15) is 0 Å². The summed E-state index contributed by atoms with van der Waals surface area (Å²) in [5.74, 6) is 6.63. The fourth-order valence-corrected chi connectivity index (χ4v) is 3.16. The molecule has 0 saturated carbocycles. The summed E-state index contributed by atoms with van der Waals surface area (Å²) in [4.78, 5) is 12.2. The van der Waals surface area contributed by atoms with Crippen molar-refractivity contribution in [2.24, 2.45) is 0 Å². The summed E-state index contributed by atoms with van der Waals surface area (Å²) in [6.07, 6.45) is 0. The van der Waals surface area contributed by atoms with Gasteiger partial charge in [-0.25, -0.2) is 4.68 Å². The first-order valence-electron chi connectivity index (χ1n) is 7.91. The number of anilines is 1. The SMILES string of the molecule is Cc1cccc(NC(=O)CSc2nnc(-c3ccc(Cl)cc3)n2N)c1C. The molecule has 0 unspecified atom stereocenters. The van der Waals surface area contributed by atoms with Crippen LogP contribution in [0.5, 0.6) is 0 Å². The van der Waals surface area contributed by atoms with Crippen LogP contribution in [0.2, 0.25) is 5.02 Å². The number of hydrogen-bond acceptors (Lipinski definition) is 5. The van der Waals surface area contributed by atoms with Gasteiger partial charge in [-0.15, -0.1) is 10.2 Å². The minimum absolute atomic E-state index is 0.125. The Hall–Kier alpha value is -2.51. The topological polar surface area (TPSA) is 85.8 Å². The van der Waals surface area contributed by atoms with Gasteiger partial charge in [-0.2, -0.15) is 0 Å². The number of nitrogen functional groups attached to an aromatic ring is 1. The first-order chi connectivity index (χ1) is 12.5. The Kier molecular flexibility index (Phi) is 5.49. The lowest BCUT2D eigenvalue weighted by Crippen LogP contribution is -2.17. The van der Waals surface area contributed by atoms with Gasteiger partial charge in [-0.1, -0.05) is 35.5 Å². The number of benzene rings is 2. The highest BCUT2D eigenvalue weighted by Crippen LogP contribution is 2.23. The van der Waals surface area contributed by atoms with E-state index in [1.165, 1.54) is 16.4 Å². The number of carbonyl (C=O) groups is 1. The van der Waals surface area contributed by atoms with Crippen LogP contribution < -0.4 is 11.2 Å². The number of nitrogens with zero attached hydrogens (tertiary/aromatic N) is 3. The van der Waals surface area contributed by atoms with Gasteiger partial charge in [0.25, 0.3) is 0 Å². The van der Waals surface area contributed by atoms with E-state index >= 15 is 0 Å². The molecule has 134 valence electrons. The summed E-state index contributed by atoms with van der Waals surface area (Å²) < 4.78 is 1.37. The number of aromatic nitrogens is 3. The molecule has 2 aromatic carbocycles. The molecule has 8 heteroatoms. The Bertz CT molecular complexity index is 939. The minimum atomic E-state index is -0.125. The van der Waals surface area contributed by atoms with Crippen LogP contribution in [0.1, 0.15) is 11.1 Å². The van der Waals surface area contributed by atoms with Crippen LogP contribution in [0.4, 0.5) is 5.69 Å². The van der Waals surface area contributed by atoms with E-state index < -0.39 is 0 Å². The van der Waals surface area contributed by atoms with Crippen molar-refractivity contribution >= 4 is 35.0 Å². The molecule has 0 radical (unpaired) electrons. The monoisotopic (exact) mass is 387 g/mol. The summed E-state index contributed by atoms with van der Waals surface area (Å²) in [7, 11) is 0. The maximum Gasteiger partial charge on any atom is 0.234 e. The van der Waals surface area contributed by atoms with Gasteiger partial charge < -0.3 is 11.2 Å². The molecule has 6 nitrogen and oxygen atoms in total. The number of rotatable bonds is 5. The van der Waals surface area contributed by atoms with Gasteiger partial charge in [-0.05, 0) is 55.3 Å². The molecule has 0 saturated heterocycles. The van der Waals surface area contributed by atoms with Crippen molar-refractivity contribution in [1.29, 1.82) is 0 Å². The van der Waals surface area contributed by atoms with Crippen molar-refractivity contribution < 1.29 is 4.79 Å². The smallest absolute Gasteiger partial charge is 0.234 e. The second-order valence-corrected chi connectivity index (χ2v) is 7.15. The van der Waals surface area contributed by atoms with Crippen LogP contribution in [0.25, 0.3) is 11.4 Å². The van der Waals surface area contributed by atoms with E-state index in [0.29, 0.717) is 16.0 Å². The molecule has 0 atom stereocenters. The Balaban J connectivity index is 1.66. The molecule has 3 aromatic rings.